The van der Waals surface area contributed by atoms with Gasteiger partial charge in [-0.2, -0.15) is 13.2 Å². The van der Waals surface area contributed by atoms with Crippen molar-refractivity contribution in [3.8, 4) is 0 Å². The van der Waals surface area contributed by atoms with E-state index in [1.54, 1.807) is 32.6 Å². The molecule has 1 fully saturated rings. The molecule has 2 aromatic rings. The molecule has 0 aliphatic carbocycles. The number of fused-ring (bicyclic) bond motifs is 1. The molecule has 1 N–H and O–H groups in total. The third-order valence-electron chi connectivity index (χ3n) is 5.22. The molecule has 0 aromatic carbocycles. The van der Waals surface area contributed by atoms with Crippen LogP contribution in [0.1, 0.15) is 43.6 Å². The lowest BCUT2D eigenvalue weighted by atomic mass is 10.1. The fourth-order valence-electron chi connectivity index (χ4n) is 3.54. The Morgan fingerprint density at radius 2 is 1.81 bits per heavy atom. The third-order valence-corrected chi connectivity index (χ3v) is 6.22. The van der Waals surface area contributed by atoms with E-state index in [0.717, 1.165) is 17.4 Å². The number of esters is 1. The van der Waals surface area contributed by atoms with Gasteiger partial charge in [-0.15, -0.1) is 11.3 Å². The number of hydrogen-bond donors (Lipinski definition) is 1. The Morgan fingerprint density at radius 3 is 2.34 bits per heavy atom. The van der Waals surface area contributed by atoms with Gasteiger partial charge in [-0.25, -0.2) is 4.98 Å². The first kappa shape index (κ1) is 24.2. The fourth-order valence-corrected chi connectivity index (χ4v) is 4.56. The van der Waals surface area contributed by atoms with Gasteiger partial charge in [0.05, 0.1) is 21.3 Å². The summed E-state index contributed by atoms with van der Waals surface area (Å²) in [6.45, 7) is 8.87. The lowest BCUT2D eigenvalue weighted by molar-refractivity contribution is -0.160. The molecule has 1 saturated heterocycles. The van der Waals surface area contributed by atoms with Gasteiger partial charge in [0.2, 0.25) is 0 Å². The SMILES string of the molecule is CNC(=O)c1csc2c(C(F)(F)F)cc(N3CCN(C(C)C(=O)OC(C)(C)C)CC3)nc12. The van der Waals surface area contributed by atoms with Gasteiger partial charge in [0, 0.05) is 38.6 Å². The van der Waals surface area contributed by atoms with Crippen molar-refractivity contribution in [1.82, 2.24) is 15.2 Å². The minimum Gasteiger partial charge on any atom is -0.459 e. The zero-order chi connectivity index (χ0) is 23.8. The highest BCUT2D eigenvalue weighted by Gasteiger charge is 2.36. The summed E-state index contributed by atoms with van der Waals surface area (Å²) in [6, 6.07) is 0.577. The number of carbonyl (C=O) groups excluding carboxylic acids is 2. The molecule has 7 nitrogen and oxygen atoms in total. The highest BCUT2D eigenvalue weighted by Crippen LogP contribution is 2.40. The number of rotatable bonds is 4. The van der Waals surface area contributed by atoms with Crippen LogP contribution in [0.3, 0.4) is 0 Å². The molecular formula is C21H27F3N4O3S. The fraction of sp³-hybridized carbons (Fsp3) is 0.571. The minimum atomic E-state index is -4.58. The van der Waals surface area contributed by atoms with Crippen molar-refractivity contribution in [2.75, 3.05) is 38.1 Å². The summed E-state index contributed by atoms with van der Waals surface area (Å²) in [6.07, 6.45) is -4.58. The number of halogens is 3. The first-order valence-corrected chi connectivity index (χ1v) is 11.1. The smallest absolute Gasteiger partial charge is 0.417 e. The van der Waals surface area contributed by atoms with Crippen molar-refractivity contribution in [2.24, 2.45) is 0 Å². The van der Waals surface area contributed by atoms with Crippen molar-refractivity contribution in [2.45, 2.75) is 45.5 Å². The highest BCUT2D eigenvalue weighted by atomic mass is 32.1. The Morgan fingerprint density at radius 1 is 1.19 bits per heavy atom. The molecule has 1 unspecified atom stereocenters. The molecule has 0 spiro atoms. The number of nitrogens with zero attached hydrogens (tertiary/aromatic N) is 3. The molecule has 32 heavy (non-hydrogen) atoms. The zero-order valence-electron chi connectivity index (χ0n) is 18.7. The Bertz CT molecular complexity index is 1010. The number of aromatic nitrogens is 1. The second kappa shape index (κ2) is 8.86. The molecule has 0 radical (unpaired) electrons. The number of amides is 1. The Balaban J connectivity index is 1.85. The van der Waals surface area contributed by atoms with Gasteiger partial charge >= 0.3 is 12.1 Å². The summed E-state index contributed by atoms with van der Waals surface area (Å²) in [4.78, 5) is 32.6. The van der Waals surface area contributed by atoms with Crippen LogP contribution in [0.2, 0.25) is 0 Å². The second-order valence-corrected chi connectivity index (χ2v) is 9.54. The van der Waals surface area contributed by atoms with Crippen LogP contribution in [0.5, 0.6) is 0 Å². The molecular weight excluding hydrogens is 445 g/mol. The largest absolute Gasteiger partial charge is 0.459 e. The van der Waals surface area contributed by atoms with Gasteiger partial charge in [-0.05, 0) is 33.8 Å². The minimum absolute atomic E-state index is 0.0451. The van der Waals surface area contributed by atoms with Gasteiger partial charge in [0.15, 0.2) is 0 Å². The predicted molar refractivity (Wildman–Crippen MR) is 117 cm³/mol. The molecule has 176 valence electrons. The van der Waals surface area contributed by atoms with E-state index in [9.17, 15) is 22.8 Å². The number of anilines is 1. The van der Waals surface area contributed by atoms with E-state index >= 15 is 0 Å². The number of piperazine rings is 1. The Hall–Kier alpha value is -2.40. The van der Waals surface area contributed by atoms with Gasteiger partial charge < -0.3 is 15.0 Å². The quantitative estimate of drug-likeness (QED) is 0.687. The molecule has 0 bridgehead atoms. The molecule has 1 aliphatic rings. The van der Waals surface area contributed by atoms with Crippen molar-refractivity contribution >= 4 is 39.2 Å². The number of thiophene rings is 1. The topological polar surface area (TPSA) is 74.8 Å². The van der Waals surface area contributed by atoms with Gasteiger partial charge in [0.25, 0.3) is 5.91 Å². The molecule has 0 saturated carbocycles. The monoisotopic (exact) mass is 472 g/mol. The predicted octanol–water partition coefficient (Wildman–Crippen LogP) is 3.53. The number of hydrogen-bond acceptors (Lipinski definition) is 7. The van der Waals surface area contributed by atoms with Gasteiger partial charge in [-0.1, -0.05) is 0 Å². The van der Waals surface area contributed by atoms with Crippen LogP contribution in [0, 0.1) is 0 Å². The van der Waals surface area contributed by atoms with Crippen LogP contribution >= 0.6 is 11.3 Å². The van der Waals surface area contributed by atoms with Gasteiger partial charge in [0.1, 0.15) is 17.5 Å². The van der Waals surface area contributed by atoms with Crippen LogP contribution < -0.4 is 10.2 Å². The van der Waals surface area contributed by atoms with Crippen LogP contribution in [-0.2, 0) is 15.7 Å². The lowest BCUT2D eigenvalue weighted by Crippen LogP contribution is -2.53. The van der Waals surface area contributed by atoms with E-state index in [-0.39, 0.29) is 27.6 Å². The first-order chi connectivity index (χ1) is 14.8. The molecule has 1 aliphatic heterocycles. The summed E-state index contributed by atoms with van der Waals surface area (Å²) in [7, 11) is 1.42. The maximum atomic E-state index is 13.7. The lowest BCUT2D eigenvalue weighted by Gasteiger charge is -2.38. The average molecular weight is 473 g/mol. The van der Waals surface area contributed by atoms with E-state index in [0.29, 0.717) is 26.2 Å². The average Bonchev–Trinajstić information content (AvgIpc) is 3.14. The molecule has 1 amide bonds. The van der Waals surface area contributed by atoms with Crippen molar-refractivity contribution in [3.05, 3.63) is 22.6 Å². The van der Waals surface area contributed by atoms with Crippen LogP contribution in [0.15, 0.2) is 11.4 Å². The van der Waals surface area contributed by atoms with E-state index in [4.69, 9.17) is 4.74 Å². The normalized spacial score (nSPS) is 16.8. The van der Waals surface area contributed by atoms with E-state index in [1.165, 1.54) is 12.4 Å². The standard InChI is InChI=1S/C21H27F3N4O3S/c1-12(19(30)31-20(2,3)4)27-6-8-28(9-7-27)15-10-14(21(22,23)24)17-16(26-15)13(11-32-17)18(29)25-5/h10-12H,6-9H2,1-5H3,(H,25,29). The Kier molecular flexibility index (Phi) is 6.71. The summed E-state index contributed by atoms with van der Waals surface area (Å²) >= 11 is 0.857. The van der Waals surface area contributed by atoms with Crippen LogP contribution in [0.25, 0.3) is 10.2 Å². The molecule has 11 heteroatoms. The van der Waals surface area contributed by atoms with Gasteiger partial charge in [-0.3, -0.25) is 14.5 Å². The van der Waals surface area contributed by atoms with Crippen molar-refractivity contribution in [3.63, 3.8) is 0 Å². The summed E-state index contributed by atoms with van der Waals surface area (Å²) in [5.74, 6) is -0.652. The number of carbonyl (C=O) groups is 2. The maximum Gasteiger partial charge on any atom is 0.417 e. The number of nitrogens with one attached hydrogen (secondary N) is 1. The highest BCUT2D eigenvalue weighted by molar-refractivity contribution is 7.17. The Labute approximate surface area is 188 Å². The van der Waals surface area contributed by atoms with Crippen molar-refractivity contribution in [1.29, 1.82) is 0 Å². The molecule has 1 atom stereocenters. The molecule has 3 heterocycles. The van der Waals surface area contributed by atoms with Crippen molar-refractivity contribution < 1.29 is 27.5 Å². The molecule has 3 rings (SSSR count). The molecule has 2 aromatic heterocycles. The van der Waals surface area contributed by atoms with Crippen LogP contribution in [-0.4, -0.2) is 66.6 Å². The number of pyridine rings is 1. The zero-order valence-corrected chi connectivity index (χ0v) is 19.5. The maximum absolute atomic E-state index is 13.7. The van der Waals surface area contributed by atoms with Crippen LogP contribution in [0.4, 0.5) is 19.0 Å². The summed E-state index contributed by atoms with van der Waals surface area (Å²) < 4.78 is 46.6. The van der Waals surface area contributed by atoms with E-state index in [1.807, 2.05) is 4.90 Å². The summed E-state index contributed by atoms with van der Waals surface area (Å²) in [5.41, 5.74) is -1.23. The van der Waals surface area contributed by atoms with E-state index in [2.05, 4.69) is 10.3 Å². The number of alkyl halides is 3. The van der Waals surface area contributed by atoms with E-state index < -0.39 is 29.3 Å². The summed E-state index contributed by atoms with van der Waals surface area (Å²) in [5, 5.41) is 3.84. The number of ether oxygens (including phenoxy) is 1. The third kappa shape index (κ3) is 5.15. The first-order valence-electron chi connectivity index (χ1n) is 10.2. The second-order valence-electron chi connectivity index (χ2n) is 8.66.